The summed E-state index contributed by atoms with van der Waals surface area (Å²) in [6.07, 6.45) is 2.38. The van der Waals surface area contributed by atoms with E-state index >= 15 is 0 Å². The van der Waals surface area contributed by atoms with Crippen molar-refractivity contribution < 1.29 is 4.79 Å². The Labute approximate surface area is 96.1 Å². The number of benzene rings is 1. The van der Waals surface area contributed by atoms with Crippen molar-refractivity contribution >= 4 is 5.78 Å². The Morgan fingerprint density at radius 1 is 1.38 bits per heavy atom. The molecule has 0 saturated carbocycles. The molecule has 16 heavy (non-hydrogen) atoms. The van der Waals surface area contributed by atoms with E-state index in [1.54, 1.807) is 0 Å². The van der Waals surface area contributed by atoms with Gasteiger partial charge in [-0.1, -0.05) is 17.9 Å². The highest BCUT2D eigenvalue weighted by Crippen LogP contribution is 2.22. The molecule has 0 unspecified atom stereocenters. The quantitative estimate of drug-likeness (QED) is 0.599. The molecule has 1 N–H and O–H groups in total. The van der Waals surface area contributed by atoms with E-state index in [1.807, 2.05) is 25.2 Å². The number of hydrogen-bond donors (Lipinski definition) is 1. The van der Waals surface area contributed by atoms with Crippen molar-refractivity contribution in [1.29, 1.82) is 0 Å². The highest BCUT2D eigenvalue weighted by atomic mass is 16.1. The number of hydrogen-bond acceptors (Lipinski definition) is 2. The molecule has 82 valence electrons. The molecule has 0 heterocycles. The Morgan fingerprint density at radius 2 is 2.25 bits per heavy atom. The summed E-state index contributed by atoms with van der Waals surface area (Å²) in [5, 5.41) is 3.05. The third-order valence-electron chi connectivity index (χ3n) is 2.76. The summed E-state index contributed by atoms with van der Waals surface area (Å²) < 4.78 is 0. The molecule has 0 aromatic heterocycles. The smallest absolute Gasteiger partial charge is 0.163 e. The average Bonchev–Trinajstić information content (AvgIpc) is 2.67. The number of fused-ring (bicyclic) bond motifs is 1. The van der Waals surface area contributed by atoms with Crippen LogP contribution >= 0.6 is 0 Å². The lowest BCUT2D eigenvalue weighted by molar-refractivity contribution is 0.0994. The zero-order valence-electron chi connectivity index (χ0n) is 9.47. The maximum atomic E-state index is 11.5. The second-order valence-electron chi connectivity index (χ2n) is 3.95. The van der Waals surface area contributed by atoms with E-state index in [2.05, 4.69) is 17.2 Å². The van der Waals surface area contributed by atoms with E-state index in [4.69, 9.17) is 0 Å². The minimum absolute atomic E-state index is 0.258. The molecule has 0 spiro atoms. The molecule has 2 heteroatoms. The maximum absolute atomic E-state index is 11.5. The molecule has 1 aromatic carbocycles. The van der Waals surface area contributed by atoms with Crippen LogP contribution in [0.3, 0.4) is 0 Å². The summed E-state index contributed by atoms with van der Waals surface area (Å²) in [6, 6.07) is 5.96. The fourth-order valence-electron chi connectivity index (χ4n) is 1.87. The van der Waals surface area contributed by atoms with Gasteiger partial charge in [0.2, 0.25) is 0 Å². The monoisotopic (exact) mass is 213 g/mol. The SMILES string of the molecule is CNCCC#Cc1ccc2c(c1)C(=O)CC2. The van der Waals surface area contributed by atoms with Gasteiger partial charge in [-0.2, -0.15) is 0 Å². The number of carbonyl (C=O) groups excluding carboxylic acids is 1. The van der Waals surface area contributed by atoms with Gasteiger partial charge in [0.15, 0.2) is 5.78 Å². The number of aryl methyl sites for hydroxylation is 1. The standard InChI is InChI=1S/C14H15NO/c1-15-9-3-2-4-11-5-6-12-7-8-14(16)13(12)10-11/h5-6,10,15H,3,7-9H2,1H3. The summed E-state index contributed by atoms with van der Waals surface area (Å²) in [5.41, 5.74) is 3.00. The second-order valence-corrected chi connectivity index (χ2v) is 3.95. The first-order valence-electron chi connectivity index (χ1n) is 5.61. The predicted molar refractivity (Wildman–Crippen MR) is 64.5 cm³/mol. The number of nitrogens with one attached hydrogen (secondary N) is 1. The van der Waals surface area contributed by atoms with Gasteiger partial charge in [-0.05, 0) is 31.2 Å². The highest BCUT2D eigenvalue weighted by Gasteiger charge is 2.18. The van der Waals surface area contributed by atoms with Gasteiger partial charge in [0.25, 0.3) is 0 Å². The van der Waals surface area contributed by atoms with Crippen LogP contribution in [-0.4, -0.2) is 19.4 Å². The van der Waals surface area contributed by atoms with Crippen molar-refractivity contribution in [3.8, 4) is 11.8 Å². The molecule has 1 aliphatic carbocycles. The van der Waals surface area contributed by atoms with Crippen molar-refractivity contribution in [2.24, 2.45) is 0 Å². The number of ketones is 1. The lowest BCUT2D eigenvalue weighted by Gasteiger charge is -1.97. The van der Waals surface area contributed by atoms with E-state index in [9.17, 15) is 4.79 Å². The zero-order chi connectivity index (χ0) is 11.4. The number of rotatable bonds is 2. The molecule has 0 amide bonds. The molecule has 0 aliphatic heterocycles. The lowest BCUT2D eigenvalue weighted by atomic mass is 10.1. The molecular weight excluding hydrogens is 198 g/mol. The summed E-state index contributed by atoms with van der Waals surface area (Å²) in [5.74, 6) is 6.43. The fourth-order valence-corrected chi connectivity index (χ4v) is 1.87. The third kappa shape index (κ3) is 2.32. The minimum atomic E-state index is 0.258. The van der Waals surface area contributed by atoms with Crippen LogP contribution < -0.4 is 5.32 Å². The molecule has 2 nitrogen and oxygen atoms in total. The highest BCUT2D eigenvalue weighted by molar-refractivity contribution is 6.00. The zero-order valence-corrected chi connectivity index (χ0v) is 9.47. The molecule has 0 atom stereocenters. The number of Topliss-reactive ketones (excluding diaryl/α,β-unsaturated/α-hetero) is 1. The van der Waals surface area contributed by atoms with Gasteiger partial charge in [0, 0.05) is 30.5 Å². The average molecular weight is 213 g/mol. The van der Waals surface area contributed by atoms with E-state index < -0.39 is 0 Å². The van der Waals surface area contributed by atoms with E-state index in [0.29, 0.717) is 6.42 Å². The molecular formula is C14H15NO. The van der Waals surface area contributed by atoms with Crippen LogP contribution in [0.2, 0.25) is 0 Å². The van der Waals surface area contributed by atoms with Crippen LogP contribution in [-0.2, 0) is 6.42 Å². The van der Waals surface area contributed by atoms with Crippen molar-refractivity contribution in [3.05, 3.63) is 34.9 Å². The third-order valence-corrected chi connectivity index (χ3v) is 2.76. The van der Waals surface area contributed by atoms with Crippen molar-refractivity contribution in [3.63, 3.8) is 0 Å². The summed E-state index contributed by atoms with van der Waals surface area (Å²) >= 11 is 0. The van der Waals surface area contributed by atoms with Crippen molar-refractivity contribution in [1.82, 2.24) is 5.32 Å². The van der Waals surface area contributed by atoms with Crippen molar-refractivity contribution in [2.75, 3.05) is 13.6 Å². The Hall–Kier alpha value is -1.59. The van der Waals surface area contributed by atoms with Gasteiger partial charge >= 0.3 is 0 Å². The normalized spacial score (nSPS) is 13.2. The summed E-state index contributed by atoms with van der Waals surface area (Å²) in [4.78, 5) is 11.5. The van der Waals surface area contributed by atoms with Gasteiger partial charge in [0.1, 0.15) is 0 Å². The van der Waals surface area contributed by atoms with Crippen LogP contribution in [0.1, 0.15) is 34.3 Å². The second kappa shape index (κ2) is 4.96. The fraction of sp³-hybridized carbons (Fsp3) is 0.357. The van der Waals surface area contributed by atoms with E-state index in [1.165, 1.54) is 5.56 Å². The van der Waals surface area contributed by atoms with Crippen LogP contribution in [0.15, 0.2) is 18.2 Å². The van der Waals surface area contributed by atoms with Gasteiger partial charge in [-0.25, -0.2) is 0 Å². The molecule has 1 aliphatic rings. The first-order chi connectivity index (χ1) is 7.81. The molecule has 0 saturated heterocycles. The van der Waals surface area contributed by atoms with Crippen LogP contribution in [0, 0.1) is 11.8 Å². The summed E-state index contributed by atoms with van der Waals surface area (Å²) in [6.45, 7) is 0.900. The summed E-state index contributed by atoms with van der Waals surface area (Å²) in [7, 11) is 1.91. The predicted octanol–water partition coefficient (Wildman–Crippen LogP) is 1.78. The Morgan fingerprint density at radius 3 is 3.06 bits per heavy atom. The van der Waals surface area contributed by atoms with Crippen LogP contribution in [0.25, 0.3) is 0 Å². The molecule has 0 radical (unpaired) electrons. The minimum Gasteiger partial charge on any atom is -0.319 e. The number of carbonyl (C=O) groups is 1. The maximum Gasteiger partial charge on any atom is 0.163 e. The van der Waals surface area contributed by atoms with E-state index in [-0.39, 0.29) is 5.78 Å². The molecule has 2 rings (SSSR count). The lowest BCUT2D eigenvalue weighted by Crippen LogP contribution is -2.05. The van der Waals surface area contributed by atoms with E-state index in [0.717, 1.165) is 30.5 Å². The van der Waals surface area contributed by atoms with Gasteiger partial charge in [-0.15, -0.1) is 0 Å². The molecule has 0 fully saturated rings. The Balaban J connectivity index is 2.14. The molecule has 1 aromatic rings. The Kier molecular flexibility index (Phi) is 3.38. The molecule has 0 bridgehead atoms. The topological polar surface area (TPSA) is 29.1 Å². The first-order valence-corrected chi connectivity index (χ1v) is 5.61. The first kappa shape index (κ1) is 10.9. The largest absolute Gasteiger partial charge is 0.319 e. The van der Waals surface area contributed by atoms with Crippen molar-refractivity contribution in [2.45, 2.75) is 19.3 Å². The van der Waals surface area contributed by atoms with Gasteiger partial charge in [0.05, 0.1) is 0 Å². The van der Waals surface area contributed by atoms with Crippen LogP contribution in [0.4, 0.5) is 0 Å². The van der Waals surface area contributed by atoms with Gasteiger partial charge in [-0.3, -0.25) is 4.79 Å². The van der Waals surface area contributed by atoms with Crippen LogP contribution in [0.5, 0.6) is 0 Å². The van der Waals surface area contributed by atoms with Gasteiger partial charge < -0.3 is 5.32 Å². The Bertz CT molecular complexity index is 465.